The highest BCUT2D eigenvalue weighted by molar-refractivity contribution is 5.98. The molecule has 0 aromatic heterocycles. The van der Waals surface area contributed by atoms with Gasteiger partial charge in [-0.15, -0.1) is 25.6 Å². The van der Waals surface area contributed by atoms with E-state index in [4.69, 9.17) is 5.73 Å². The first kappa shape index (κ1) is 16.8. The number of carbonyl (C=O) groups is 1. The summed E-state index contributed by atoms with van der Waals surface area (Å²) in [5, 5.41) is 0. The number of carbonyl (C=O) groups excluding carboxylic acids is 1. The fraction of sp³-hybridized carbons (Fsp3) is 0.0714. The van der Waals surface area contributed by atoms with Gasteiger partial charge in [0.1, 0.15) is 5.75 Å². The molecule has 0 saturated carbocycles. The van der Waals surface area contributed by atoms with Gasteiger partial charge in [-0.1, -0.05) is 42.5 Å². The fourth-order valence-corrected chi connectivity index (χ4v) is 1.80. The van der Waals surface area contributed by atoms with Crippen LogP contribution in [0.25, 0.3) is 11.1 Å². The van der Waals surface area contributed by atoms with E-state index in [1.165, 1.54) is 18.2 Å². The fourth-order valence-electron chi connectivity index (χ4n) is 1.80. The zero-order valence-corrected chi connectivity index (χ0v) is 11.4. The lowest BCUT2D eigenvalue weighted by atomic mass is 10.0. The number of primary amides is 1. The molecular formula is C14H11ClF3NO2. The van der Waals surface area contributed by atoms with Crippen molar-refractivity contribution in [2.75, 3.05) is 0 Å². The van der Waals surface area contributed by atoms with E-state index in [1.807, 2.05) is 0 Å². The molecule has 0 heterocycles. The average Bonchev–Trinajstić information content (AvgIpc) is 2.38. The zero-order valence-electron chi connectivity index (χ0n) is 10.6. The first-order valence-electron chi connectivity index (χ1n) is 5.62. The maximum absolute atomic E-state index is 12.5. The Balaban J connectivity index is 0.00000220. The number of rotatable bonds is 3. The summed E-state index contributed by atoms with van der Waals surface area (Å²) >= 11 is 0. The van der Waals surface area contributed by atoms with Gasteiger partial charge in [-0.3, -0.25) is 4.79 Å². The van der Waals surface area contributed by atoms with Gasteiger partial charge in [-0.05, 0) is 11.6 Å². The van der Waals surface area contributed by atoms with Crippen molar-refractivity contribution in [3.05, 3.63) is 54.1 Å². The Morgan fingerprint density at radius 2 is 1.62 bits per heavy atom. The van der Waals surface area contributed by atoms with E-state index in [9.17, 15) is 18.0 Å². The van der Waals surface area contributed by atoms with Crippen LogP contribution in [0.3, 0.4) is 0 Å². The van der Waals surface area contributed by atoms with E-state index in [0.717, 1.165) is 0 Å². The van der Waals surface area contributed by atoms with Crippen LogP contribution < -0.4 is 10.5 Å². The number of hydrogen-bond donors (Lipinski definition) is 1. The third-order valence-electron chi connectivity index (χ3n) is 2.58. The quantitative estimate of drug-likeness (QED) is 0.936. The second-order valence-electron chi connectivity index (χ2n) is 3.96. The highest BCUT2D eigenvalue weighted by Gasteiger charge is 2.34. The van der Waals surface area contributed by atoms with E-state index in [0.29, 0.717) is 5.56 Å². The van der Waals surface area contributed by atoms with Gasteiger partial charge < -0.3 is 10.5 Å². The highest BCUT2D eigenvalue weighted by atomic mass is 35.5. The zero-order chi connectivity index (χ0) is 14.8. The van der Waals surface area contributed by atoms with Gasteiger partial charge in [0.15, 0.2) is 0 Å². The molecular weight excluding hydrogens is 307 g/mol. The largest absolute Gasteiger partial charge is 0.573 e. The Morgan fingerprint density at radius 3 is 2.14 bits per heavy atom. The number of benzene rings is 2. The molecule has 7 heteroatoms. The highest BCUT2D eigenvalue weighted by Crippen LogP contribution is 2.36. The molecule has 112 valence electrons. The molecule has 0 unspecified atom stereocenters. The van der Waals surface area contributed by atoms with Crippen LogP contribution in [-0.4, -0.2) is 12.3 Å². The number of hydrogen-bond acceptors (Lipinski definition) is 2. The summed E-state index contributed by atoms with van der Waals surface area (Å²) in [7, 11) is 0. The molecule has 0 bridgehead atoms. The van der Waals surface area contributed by atoms with Gasteiger partial charge in [0.2, 0.25) is 0 Å². The van der Waals surface area contributed by atoms with Crippen molar-refractivity contribution in [3.8, 4) is 16.9 Å². The first-order valence-corrected chi connectivity index (χ1v) is 5.62. The normalized spacial score (nSPS) is 10.6. The summed E-state index contributed by atoms with van der Waals surface area (Å²) in [5.74, 6) is -1.57. The predicted octanol–water partition coefficient (Wildman–Crippen LogP) is 3.77. The van der Waals surface area contributed by atoms with Gasteiger partial charge in [0.05, 0.1) is 5.56 Å². The van der Waals surface area contributed by atoms with Gasteiger partial charge in [-0.2, -0.15) is 0 Å². The van der Waals surface area contributed by atoms with Gasteiger partial charge in [-0.25, -0.2) is 0 Å². The lowest BCUT2D eigenvalue weighted by Gasteiger charge is -2.16. The van der Waals surface area contributed by atoms with E-state index >= 15 is 0 Å². The average molecular weight is 318 g/mol. The minimum Gasteiger partial charge on any atom is -0.404 e. The Morgan fingerprint density at radius 1 is 1.00 bits per heavy atom. The van der Waals surface area contributed by atoms with Crippen LogP contribution >= 0.6 is 12.4 Å². The summed E-state index contributed by atoms with van der Waals surface area (Å²) in [6.07, 6.45) is -4.91. The minimum atomic E-state index is -4.91. The number of ether oxygens (including phenoxy) is 1. The molecule has 0 aliphatic rings. The lowest BCUT2D eigenvalue weighted by molar-refractivity contribution is -0.274. The van der Waals surface area contributed by atoms with Crippen molar-refractivity contribution in [2.24, 2.45) is 5.73 Å². The van der Waals surface area contributed by atoms with Crippen LogP contribution in [0.2, 0.25) is 0 Å². The second kappa shape index (κ2) is 6.49. The van der Waals surface area contributed by atoms with E-state index in [1.54, 1.807) is 30.3 Å². The second-order valence-corrected chi connectivity index (χ2v) is 3.96. The third kappa shape index (κ3) is 4.13. The van der Waals surface area contributed by atoms with Crippen molar-refractivity contribution < 1.29 is 22.7 Å². The molecule has 2 aromatic carbocycles. The minimum absolute atomic E-state index is 0. The molecule has 0 radical (unpaired) electrons. The van der Waals surface area contributed by atoms with Gasteiger partial charge in [0, 0.05) is 5.56 Å². The van der Waals surface area contributed by atoms with Gasteiger partial charge in [0.25, 0.3) is 5.91 Å². The topological polar surface area (TPSA) is 52.3 Å². The summed E-state index contributed by atoms with van der Waals surface area (Å²) < 4.78 is 41.5. The van der Waals surface area contributed by atoms with Crippen molar-refractivity contribution in [1.29, 1.82) is 0 Å². The molecule has 3 nitrogen and oxygen atoms in total. The van der Waals surface area contributed by atoms with Crippen LogP contribution in [0.4, 0.5) is 13.2 Å². The molecule has 2 rings (SSSR count). The Bertz CT molecular complexity index is 630. The molecule has 0 aliphatic heterocycles. The van der Waals surface area contributed by atoms with E-state index in [-0.39, 0.29) is 23.5 Å². The number of amides is 1. The summed E-state index contributed by atoms with van der Waals surface area (Å²) in [6, 6.07) is 12.4. The van der Waals surface area contributed by atoms with Crippen LogP contribution in [0, 0.1) is 0 Å². The predicted molar refractivity (Wildman–Crippen MR) is 74.3 cm³/mol. The molecule has 0 spiro atoms. The number of halogens is 4. The smallest absolute Gasteiger partial charge is 0.404 e. The van der Waals surface area contributed by atoms with Crippen LogP contribution in [0.1, 0.15) is 10.4 Å². The molecule has 0 saturated heterocycles. The molecule has 0 atom stereocenters. The lowest BCUT2D eigenvalue weighted by Crippen LogP contribution is -2.21. The van der Waals surface area contributed by atoms with Crippen LogP contribution in [0.5, 0.6) is 5.75 Å². The molecule has 2 N–H and O–H groups in total. The summed E-state index contributed by atoms with van der Waals surface area (Å²) in [5.41, 5.74) is 5.43. The number of alkyl halides is 3. The van der Waals surface area contributed by atoms with Crippen molar-refractivity contribution >= 4 is 18.3 Å². The van der Waals surface area contributed by atoms with Crippen molar-refractivity contribution in [3.63, 3.8) is 0 Å². The molecule has 0 aliphatic carbocycles. The first-order chi connectivity index (χ1) is 9.38. The Labute approximate surface area is 124 Å². The van der Waals surface area contributed by atoms with Crippen LogP contribution in [-0.2, 0) is 0 Å². The van der Waals surface area contributed by atoms with Crippen molar-refractivity contribution in [1.82, 2.24) is 0 Å². The van der Waals surface area contributed by atoms with Crippen LogP contribution in [0.15, 0.2) is 48.5 Å². The standard InChI is InChI=1S/C14H10F3NO2.ClH/c15-14(16,17)20-12-10(9-5-2-1-3-6-9)7-4-8-11(12)13(18)19;/h1-8H,(H2,18,19);1H. The monoisotopic (exact) mass is 317 g/mol. The summed E-state index contributed by atoms with van der Waals surface area (Å²) in [6.45, 7) is 0. The molecule has 0 fully saturated rings. The van der Waals surface area contributed by atoms with E-state index in [2.05, 4.69) is 4.74 Å². The maximum atomic E-state index is 12.5. The van der Waals surface area contributed by atoms with Gasteiger partial charge >= 0.3 is 6.36 Å². The number of nitrogens with two attached hydrogens (primary N) is 1. The van der Waals surface area contributed by atoms with Crippen molar-refractivity contribution in [2.45, 2.75) is 6.36 Å². The number of para-hydroxylation sites is 1. The maximum Gasteiger partial charge on any atom is 0.573 e. The molecule has 1 amide bonds. The third-order valence-corrected chi connectivity index (χ3v) is 2.58. The Hall–Kier alpha value is -2.21. The summed E-state index contributed by atoms with van der Waals surface area (Å²) in [4.78, 5) is 11.3. The molecule has 2 aromatic rings. The Kier molecular flexibility index (Phi) is 5.21. The molecule has 21 heavy (non-hydrogen) atoms. The SMILES string of the molecule is Cl.NC(=O)c1cccc(-c2ccccc2)c1OC(F)(F)F. The van der Waals surface area contributed by atoms with E-state index < -0.39 is 18.0 Å².